The van der Waals surface area contributed by atoms with Crippen LogP contribution in [0.25, 0.3) is 0 Å². The third-order valence-electron chi connectivity index (χ3n) is 5.85. The maximum Gasteiger partial charge on any atom is 0.124 e. The molecule has 0 amide bonds. The summed E-state index contributed by atoms with van der Waals surface area (Å²) in [5.41, 5.74) is 0.938. The minimum atomic E-state index is -0.147. The minimum absolute atomic E-state index is 0.0137. The summed E-state index contributed by atoms with van der Waals surface area (Å²) in [6.07, 6.45) is 2.39. The number of para-hydroxylation sites is 1. The van der Waals surface area contributed by atoms with Gasteiger partial charge in [-0.1, -0.05) is 39.0 Å². The number of ether oxygens (including phenoxy) is 3. The topological polar surface area (TPSA) is 27.7 Å². The molecule has 1 aromatic carbocycles. The zero-order valence-electron chi connectivity index (χ0n) is 14.4. The first-order chi connectivity index (χ1) is 10.4. The predicted molar refractivity (Wildman–Crippen MR) is 87.0 cm³/mol. The van der Waals surface area contributed by atoms with Gasteiger partial charge < -0.3 is 14.2 Å². The Labute approximate surface area is 134 Å². The molecule has 2 saturated heterocycles. The van der Waals surface area contributed by atoms with Gasteiger partial charge in [0.15, 0.2) is 0 Å². The van der Waals surface area contributed by atoms with Gasteiger partial charge in [0, 0.05) is 11.5 Å². The second-order valence-electron chi connectivity index (χ2n) is 7.36. The molecular weight excluding hydrogens is 276 g/mol. The van der Waals surface area contributed by atoms with Crippen LogP contribution in [0, 0.1) is 11.8 Å². The average Bonchev–Trinajstić information content (AvgIpc) is 2.97. The fourth-order valence-electron chi connectivity index (χ4n) is 4.54. The van der Waals surface area contributed by atoms with E-state index in [2.05, 4.69) is 33.8 Å². The molecule has 3 rings (SSSR count). The van der Waals surface area contributed by atoms with Crippen LogP contribution in [-0.2, 0) is 16.1 Å². The SMILES string of the molecule is COc1ccccc1CO[C@@H]1C(C)[C@@]2(C(C)C)CC[C@]1(C)O2. The van der Waals surface area contributed by atoms with Crippen molar-refractivity contribution in [2.45, 2.75) is 64.4 Å². The molecule has 2 aliphatic rings. The van der Waals surface area contributed by atoms with E-state index in [0.717, 1.165) is 24.2 Å². The fourth-order valence-corrected chi connectivity index (χ4v) is 4.54. The van der Waals surface area contributed by atoms with Crippen molar-refractivity contribution in [3.63, 3.8) is 0 Å². The summed E-state index contributed by atoms with van der Waals surface area (Å²) in [5, 5.41) is 0. The van der Waals surface area contributed by atoms with E-state index < -0.39 is 0 Å². The average molecular weight is 304 g/mol. The Bertz CT molecular complexity index is 541. The highest BCUT2D eigenvalue weighted by Crippen LogP contribution is 2.58. The second-order valence-corrected chi connectivity index (χ2v) is 7.36. The number of benzene rings is 1. The zero-order chi connectivity index (χ0) is 16.0. The molecule has 1 aromatic rings. The summed E-state index contributed by atoms with van der Waals surface area (Å²) in [6.45, 7) is 9.62. The summed E-state index contributed by atoms with van der Waals surface area (Å²) < 4.78 is 18.3. The molecule has 0 aliphatic carbocycles. The van der Waals surface area contributed by atoms with Crippen LogP contribution in [0.3, 0.4) is 0 Å². The zero-order valence-corrected chi connectivity index (χ0v) is 14.4. The normalized spacial score (nSPS) is 37.0. The lowest BCUT2D eigenvalue weighted by molar-refractivity contribution is -0.0962. The number of rotatable bonds is 5. The smallest absolute Gasteiger partial charge is 0.124 e. The lowest BCUT2D eigenvalue weighted by atomic mass is 9.69. The maximum absolute atomic E-state index is 6.52. The molecule has 22 heavy (non-hydrogen) atoms. The van der Waals surface area contributed by atoms with E-state index in [1.807, 2.05) is 18.2 Å². The molecule has 0 radical (unpaired) electrons. The molecule has 3 nitrogen and oxygen atoms in total. The summed E-state index contributed by atoms with van der Waals surface area (Å²) in [4.78, 5) is 0. The van der Waals surface area contributed by atoms with E-state index in [9.17, 15) is 0 Å². The van der Waals surface area contributed by atoms with E-state index in [0.29, 0.717) is 18.4 Å². The van der Waals surface area contributed by atoms with Gasteiger partial charge in [-0.15, -0.1) is 0 Å². The molecule has 0 N–H and O–H groups in total. The number of methoxy groups -OCH3 is 1. The van der Waals surface area contributed by atoms with Crippen molar-refractivity contribution in [2.24, 2.45) is 11.8 Å². The van der Waals surface area contributed by atoms with Crippen molar-refractivity contribution < 1.29 is 14.2 Å². The molecule has 2 bridgehead atoms. The molecule has 3 heteroatoms. The third-order valence-corrected chi connectivity index (χ3v) is 5.85. The first-order valence-corrected chi connectivity index (χ1v) is 8.36. The van der Waals surface area contributed by atoms with Crippen LogP contribution in [0.2, 0.25) is 0 Å². The lowest BCUT2D eigenvalue weighted by Gasteiger charge is -2.38. The van der Waals surface area contributed by atoms with Gasteiger partial charge in [0.25, 0.3) is 0 Å². The molecule has 0 aromatic heterocycles. The van der Waals surface area contributed by atoms with Gasteiger partial charge in [0.2, 0.25) is 0 Å². The Morgan fingerprint density at radius 1 is 1.27 bits per heavy atom. The Morgan fingerprint density at radius 2 is 2.00 bits per heavy atom. The van der Waals surface area contributed by atoms with Gasteiger partial charge in [-0.3, -0.25) is 0 Å². The highest BCUT2D eigenvalue weighted by atomic mass is 16.6. The molecule has 122 valence electrons. The third kappa shape index (κ3) is 2.26. The Kier molecular flexibility index (Phi) is 3.98. The van der Waals surface area contributed by atoms with Crippen LogP contribution < -0.4 is 4.74 Å². The summed E-state index contributed by atoms with van der Waals surface area (Å²) in [5.74, 6) is 1.83. The van der Waals surface area contributed by atoms with Crippen LogP contribution in [-0.4, -0.2) is 24.4 Å². The summed E-state index contributed by atoms with van der Waals surface area (Å²) in [7, 11) is 1.71. The Balaban J connectivity index is 1.76. The standard InChI is InChI=1S/C19H28O3/c1-13(2)19-11-10-18(4,22-19)17(14(19)3)21-12-15-8-6-7-9-16(15)20-5/h6-9,13-14,17H,10-12H2,1-5H3/t14?,17-,18+,19+/m1/s1. The first-order valence-electron chi connectivity index (χ1n) is 8.36. The summed E-state index contributed by atoms with van der Waals surface area (Å²) >= 11 is 0. The van der Waals surface area contributed by atoms with Gasteiger partial charge in [-0.05, 0) is 31.7 Å². The highest BCUT2D eigenvalue weighted by Gasteiger charge is 2.65. The van der Waals surface area contributed by atoms with E-state index >= 15 is 0 Å². The number of hydrogen-bond donors (Lipinski definition) is 0. The van der Waals surface area contributed by atoms with Gasteiger partial charge >= 0.3 is 0 Å². The van der Waals surface area contributed by atoms with E-state index in [1.165, 1.54) is 0 Å². The first kappa shape index (κ1) is 15.8. The fraction of sp³-hybridized carbons (Fsp3) is 0.684. The molecule has 2 fully saturated rings. The molecule has 4 atom stereocenters. The maximum atomic E-state index is 6.52. The van der Waals surface area contributed by atoms with Gasteiger partial charge in [0.1, 0.15) is 5.75 Å². The molecule has 0 spiro atoms. The molecule has 1 unspecified atom stereocenters. The minimum Gasteiger partial charge on any atom is -0.496 e. The highest BCUT2D eigenvalue weighted by molar-refractivity contribution is 5.32. The van der Waals surface area contributed by atoms with Crippen molar-refractivity contribution in [1.29, 1.82) is 0 Å². The lowest BCUT2D eigenvalue weighted by Crippen LogP contribution is -2.45. The van der Waals surface area contributed by atoms with Gasteiger partial charge in [0.05, 0.1) is 31.0 Å². The van der Waals surface area contributed by atoms with Crippen LogP contribution in [0.15, 0.2) is 24.3 Å². The molecular formula is C19H28O3. The van der Waals surface area contributed by atoms with Gasteiger partial charge in [-0.25, -0.2) is 0 Å². The van der Waals surface area contributed by atoms with Gasteiger partial charge in [-0.2, -0.15) is 0 Å². The van der Waals surface area contributed by atoms with Crippen LogP contribution in [0.1, 0.15) is 46.1 Å². The van der Waals surface area contributed by atoms with Crippen molar-refractivity contribution in [3.05, 3.63) is 29.8 Å². The Hall–Kier alpha value is -1.06. The van der Waals surface area contributed by atoms with Crippen molar-refractivity contribution in [2.75, 3.05) is 7.11 Å². The largest absolute Gasteiger partial charge is 0.496 e. The van der Waals surface area contributed by atoms with Crippen LogP contribution in [0.4, 0.5) is 0 Å². The van der Waals surface area contributed by atoms with E-state index in [1.54, 1.807) is 7.11 Å². The number of hydrogen-bond acceptors (Lipinski definition) is 3. The summed E-state index contributed by atoms with van der Waals surface area (Å²) in [6, 6.07) is 8.06. The van der Waals surface area contributed by atoms with Crippen molar-refractivity contribution in [1.82, 2.24) is 0 Å². The monoisotopic (exact) mass is 304 g/mol. The molecule has 2 aliphatic heterocycles. The van der Waals surface area contributed by atoms with E-state index in [-0.39, 0.29) is 17.3 Å². The van der Waals surface area contributed by atoms with E-state index in [4.69, 9.17) is 14.2 Å². The second kappa shape index (κ2) is 5.54. The van der Waals surface area contributed by atoms with Crippen LogP contribution >= 0.6 is 0 Å². The number of fused-ring (bicyclic) bond motifs is 2. The van der Waals surface area contributed by atoms with Crippen molar-refractivity contribution in [3.8, 4) is 5.75 Å². The quantitative estimate of drug-likeness (QED) is 0.816. The van der Waals surface area contributed by atoms with Crippen LogP contribution in [0.5, 0.6) is 5.75 Å². The predicted octanol–water partition coefficient (Wildman–Crippen LogP) is 4.19. The molecule has 2 heterocycles. The van der Waals surface area contributed by atoms with Crippen molar-refractivity contribution >= 4 is 0 Å². The Morgan fingerprint density at radius 3 is 2.64 bits per heavy atom. The molecule has 0 saturated carbocycles.